The molecule has 3 heteroatoms. The Morgan fingerprint density at radius 3 is 3.08 bits per heavy atom. The maximum atomic E-state index is 5.40. The molecule has 0 saturated heterocycles. The molecule has 1 aromatic heterocycles. The minimum Gasteiger partial charge on any atom is -0.384 e. The van der Waals surface area contributed by atoms with E-state index in [4.69, 9.17) is 5.73 Å². The first-order valence-corrected chi connectivity index (χ1v) is 4.41. The Labute approximate surface area is 76.9 Å². The van der Waals surface area contributed by atoms with Crippen LogP contribution in [0.2, 0.25) is 0 Å². The van der Waals surface area contributed by atoms with Gasteiger partial charge in [0, 0.05) is 30.5 Å². The van der Waals surface area contributed by atoms with Crippen LogP contribution in [-0.4, -0.2) is 18.1 Å². The van der Waals surface area contributed by atoms with E-state index in [1.807, 2.05) is 6.20 Å². The summed E-state index contributed by atoms with van der Waals surface area (Å²) in [6, 6.07) is 8.30. The summed E-state index contributed by atoms with van der Waals surface area (Å²) < 4.78 is 0. The topological polar surface area (TPSA) is 53.8 Å². The predicted molar refractivity (Wildman–Crippen MR) is 55.8 cm³/mol. The number of H-pyrrole nitrogens is 1. The summed E-state index contributed by atoms with van der Waals surface area (Å²) in [5, 5.41) is 4.47. The number of hydrogen-bond donors (Lipinski definition) is 3. The summed E-state index contributed by atoms with van der Waals surface area (Å²) in [6.45, 7) is 1.47. The van der Waals surface area contributed by atoms with E-state index >= 15 is 0 Å². The van der Waals surface area contributed by atoms with Gasteiger partial charge < -0.3 is 16.0 Å². The van der Waals surface area contributed by atoms with E-state index < -0.39 is 0 Å². The molecule has 0 bridgehead atoms. The normalized spacial score (nSPS) is 10.5. The van der Waals surface area contributed by atoms with Gasteiger partial charge in [0.05, 0.1) is 0 Å². The molecular weight excluding hydrogens is 162 g/mol. The summed E-state index contributed by atoms with van der Waals surface area (Å²) in [5.74, 6) is 0. The van der Waals surface area contributed by atoms with Gasteiger partial charge in [-0.05, 0) is 23.6 Å². The molecule has 4 N–H and O–H groups in total. The fourth-order valence-corrected chi connectivity index (χ4v) is 1.37. The van der Waals surface area contributed by atoms with Crippen molar-refractivity contribution >= 4 is 16.6 Å². The van der Waals surface area contributed by atoms with E-state index in [0.29, 0.717) is 6.54 Å². The Balaban J connectivity index is 2.26. The number of nitrogens with one attached hydrogen (secondary N) is 2. The van der Waals surface area contributed by atoms with Gasteiger partial charge in [-0.2, -0.15) is 0 Å². The van der Waals surface area contributed by atoms with Gasteiger partial charge >= 0.3 is 0 Å². The molecule has 0 saturated carbocycles. The van der Waals surface area contributed by atoms with Crippen molar-refractivity contribution < 1.29 is 0 Å². The average molecular weight is 175 g/mol. The predicted octanol–water partition coefficient (Wildman–Crippen LogP) is 1.54. The maximum absolute atomic E-state index is 5.40. The molecule has 0 amide bonds. The number of anilines is 1. The minimum atomic E-state index is 0.656. The zero-order chi connectivity index (χ0) is 9.10. The summed E-state index contributed by atoms with van der Waals surface area (Å²) in [5.41, 5.74) is 7.66. The molecule has 0 fully saturated rings. The van der Waals surface area contributed by atoms with Crippen molar-refractivity contribution in [2.75, 3.05) is 18.4 Å². The highest BCUT2D eigenvalue weighted by molar-refractivity contribution is 5.82. The molecule has 68 valence electrons. The van der Waals surface area contributed by atoms with Crippen LogP contribution in [0.1, 0.15) is 0 Å². The average Bonchev–Trinajstić information content (AvgIpc) is 2.61. The molecule has 1 aromatic carbocycles. The molecule has 0 aliphatic carbocycles. The fourth-order valence-electron chi connectivity index (χ4n) is 1.37. The number of rotatable bonds is 3. The molecule has 0 unspecified atom stereocenters. The number of aromatic nitrogens is 1. The molecule has 0 atom stereocenters. The van der Waals surface area contributed by atoms with E-state index in [0.717, 1.165) is 17.7 Å². The second-order valence-electron chi connectivity index (χ2n) is 3.00. The van der Waals surface area contributed by atoms with Crippen LogP contribution in [-0.2, 0) is 0 Å². The minimum absolute atomic E-state index is 0.656. The Kier molecular flexibility index (Phi) is 2.19. The highest BCUT2D eigenvalue weighted by Gasteiger charge is 1.95. The SMILES string of the molecule is NCCNc1ccc2cc[nH]c2c1. The van der Waals surface area contributed by atoms with Crippen molar-refractivity contribution in [3.63, 3.8) is 0 Å². The van der Waals surface area contributed by atoms with Crippen molar-refractivity contribution in [3.8, 4) is 0 Å². The Morgan fingerprint density at radius 1 is 1.31 bits per heavy atom. The van der Waals surface area contributed by atoms with Crippen LogP contribution in [0.3, 0.4) is 0 Å². The quantitative estimate of drug-likeness (QED) is 0.662. The number of aromatic amines is 1. The monoisotopic (exact) mass is 175 g/mol. The van der Waals surface area contributed by atoms with Gasteiger partial charge in [-0.1, -0.05) is 6.07 Å². The lowest BCUT2D eigenvalue weighted by Gasteiger charge is -2.03. The van der Waals surface area contributed by atoms with Gasteiger partial charge in [-0.15, -0.1) is 0 Å². The van der Waals surface area contributed by atoms with Crippen LogP contribution in [0, 0.1) is 0 Å². The maximum Gasteiger partial charge on any atom is 0.0474 e. The van der Waals surface area contributed by atoms with Crippen LogP contribution in [0.5, 0.6) is 0 Å². The molecule has 2 rings (SSSR count). The summed E-state index contributed by atoms with van der Waals surface area (Å²) >= 11 is 0. The lowest BCUT2D eigenvalue weighted by Crippen LogP contribution is -2.12. The molecule has 1 heterocycles. The molecule has 0 radical (unpaired) electrons. The van der Waals surface area contributed by atoms with E-state index in [1.165, 1.54) is 5.39 Å². The Bertz CT molecular complexity index is 392. The molecule has 13 heavy (non-hydrogen) atoms. The summed E-state index contributed by atoms with van der Waals surface area (Å²) in [4.78, 5) is 3.17. The molecule has 0 aliphatic heterocycles. The van der Waals surface area contributed by atoms with Gasteiger partial charge in [0.2, 0.25) is 0 Å². The second kappa shape index (κ2) is 3.49. The highest BCUT2D eigenvalue weighted by Crippen LogP contribution is 2.16. The molecule has 2 aromatic rings. The number of fused-ring (bicyclic) bond motifs is 1. The van der Waals surface area contributed by atoms with Crippen molar-refractivity contribution in [3.05, 3.63) is 30.5 Å². The van der Waals surface area contributed by atoms with E-state index in [9.17, 15) is 0 Å². The van der Waals surface area contributed by atoms with Crippen molar-refractivity contribution in [1.82, 2.24) is 4.98 Å². The summed E-state index contributed by atoms with van der Waals surface area (Å²) in [6.07, 6.45) is 1.94. The van der Waals surface area contributed by atoms with Gasteiger partial charge in [0.1, 0.15) is 0 Å². The fraction of sp³-hybridized carbons (Fsp3) is 0.200. The number of nitrogens with two attached hydrogens (primary N) is 1. The van der Waals surface area contributed by atoms with E-state index in [-0.39, 0.29) is 0 Å². The van der Waals surface area contributed by atoms with Crippen molar-refractivity contribution in [2.24, 2.45) is 5.73 Å². The first-order chi connectivity index (χ1) is 6.40. The van der Waals surface area contributed by atoms with Crippen LogP contribution >= 0.6 is 0 Å². The van der Waals surface area contributed by atoms with Gasteiger partial charge in [-0.25, -0.2) is 0 Å². The van der Waals surface area contributed by atoms with Gasteiger partial charge in [0.25, 0.3) is 0 Å². The lowest BCUT2D eigenvalue weighted by atomic mass is 10.2. The first-order valence-electron chi connectivity index (χ1n) is 4.41. The van der Waals surface area contributed by atoms with E-state index in [2.05, 4.69) is 34.6 Å². The molecule has 0 aliphatic rings. The summed E-state index contributed by atoms with van der Waals surface area (Å²) in [7, 11) is 0. The standard InChI is InChI=1S/C10H13N3/c11-4-6-12-9-2-1-8-3-5-13-10(8)7-9/h1-3,5,7,12-13H,4,6,11H2. The third-order valence-corrected chi connectivity index (χ3v) is 2.03. The van der Waals surface area contributed by atoms with E-state index in [1.54, 1.807) is 0 Å². The zero-order valence-corrected chi connectivity index (χ0v) is 7.38. The smallest absolute Gasteiger partial charge is 0.0474 e. The lowest BCUT2D eigenvalue weighted by molar-refractivity contribution is 1.02. The van der Waals surface area contributed by atoms with Crippen LogP contribution in [0.15, 0.2) is 30.5 Å². The van der Waals surface area contributed by atoms with Gasteiger partial charge in [-0.3, -0.25) is 0 Å². The molecule has 0 spiro atoms. The van der Waals surface area contributed by atoms with Crippen LogP contribution in [0.25, 0.3) is 10.9 Å². The molecule has 3 nitrogen and oxygen atoms in total. The zero-order valence-electron chi connectivity index (χ0n) is 7.38. The third kappa shape index (κ3) is 1.65. The second-order valence-corrected chi connectivity index (χ2v) is 3.00. The Morgan fingerprint density at radius 2 is 2.23 bits per heavy atom. The van der Waals surface area contributed by atoms with Crippen molar-refractivity contribution in [2.45, 2.75) is 0 Å². The highest BCUT2D eigenvalue weighted by atomic mass is 14.9. The van der Waals surface area contributed by atoms with Crippen LogP contribution < -0.4 is 11.1 Å². The number of benzene rings is 1. The first kappa shape index (κ1) is 8.13. The Hall–Kier alpha value is -1.48. The third-order valence-electron chi connectivity index (χ3n) is 2.03. The van der Waals surface area contributed by atoms with Crippen molar-refractivity contribution in [1.29, 1.82) is 0 Å². The van der Waals surface area contributed by atoms with Gasteiger partial charge in [0.15, 0.2) is 0 Å². The largest absolute Gasteiger partial charge is 0.384 e. The number of hydrogen-bond acceptors (Lipinski definition) is 2. The van der Waals surface area contributed by atoms with Crippen LogP contribution in [0.4, 0.5) is 5.69 Å². The molecular formula is C10H13N3.